The number of halogens is 1. The van der Waals surface area contributed by atoms with Crippen LogP contribution in [0.1, 0.15) is 25.8 Å². The molecule has 3 N–H and O–H groups in total. The van der Waals surface area contributed by atoms with Crippen LogP contribution in [0.3, 0.4) is 0 Å². The third kappa shape index (κ3) is 3.72. The standard InChI is InChI=1S/C13H19ClN2O/c1-4-8(2)12(15)13(17)16-11-6-5-10(14)7-9(11)3/h5-8,12H,4,15H2,1-3H3,(H,16,17). The van der Waals surface area contributed by atoms with Gasteiger partial charge in [0.05, 0.1) is 6.04 Å². The number of carbonyl (C=O) groups is 1. The molecule has 1 aromatic carbocycles. The number of anilines is 1. The van der Waals surface area contributed by atoms with Gasteiger partial charge in [-0.1, -0.05) is 31.9 Å². The Labute approximate surface area is 107 Å². The van der Waals surface area contributed by atoms with Crippen LogP contribution < -0.4 is 11.1 Å². The molecule has 17 heavy (non-hydrogen) atoms. The first-order valence-corrected chi connectivity index (χ1v) is 6.16. The van der Waals surface area contributed by atoms with E-state index >= 15 is 0 Å². The molecule has 2 atom stereocenters. The van der Waals surface area contributed by atoms with Crippen LogP contribution in [0, 0.1) is 12.8 Å². The average Bonchev–Trinajstić information content (AvgIpc) is 2.30. The molecule has 1 aromatic rings. The van der Waals surface area contributed by atoms with E-state index in [1.165, 1.54) is 0 Å². The third-order valence-corrected chi connectivity index (χ3v) is 3.24. The summed E-state index contributed by atoms with van der Waals surface area (Å²) in [7, 11) is 0. The van der Waals surface area contributed by atoms with Crippen LogP contribution in [-0.2, 0) is 4.79 Å². The zero-order valence-electron chi connectivity index (χ0n) is 10.5. The number of rotatable bonds is 4. The third-order valence-electron chi connectivity index (χ3n) is 3.01. The van der Waals surface area contributed by atoms with Gasteiger partial charge in [0.2, 0.25) is 5.91 Å². The number of benzene rings is 1. The highest BCUT2D eigenvalue weighted by molar-refractivity contribution is 6.30. The maximum atomic E-state index is 11.9. The monoisotopic (exact) mass is 254 g/mol. The number of hydrogen-bond donors (Lipinski definition) is 2. The Bertz CT molecular complexity index is 406. The van der Waals surface area contributed by atoms with Crippen LogP contribution in [-0.4, -0.2) is 11.9 Å². The fourth-order valence-electron chi connectivity index (χ4n) is 1.50. The molecule has 0 saturated carbocycles. The molecule has 0 fully saturated rings. The first-order chi connectivity index (χ1) is 7.95. The summed E-state index contributed by atoms with van der Waals surface area (Å²) in [5, 5.41) is 3.49. The van der Waals surface area contributed by atoms with Crippen molar-refractivity contribution in [2.45, 2.75) is 33.2 Å². The largest absolute Gasteiger partial charge is 0.324 e. The highest BCUT2D eigenvalue weighted by Gasteiger charge is 2.19. The summed E-state index contributed by atoms with van der Waals surface area (Å²) in [6.07, 6.45) is 0.883. The average molecular weight is 255 g/mol. The zero-order chi connectivity index (χ0) is 13.0. The predicted molar refractivity (Wildman–Crippen MR) is 72.2 cm³/mol. The molecule has 0 spiro atoms. The molecule has 0 bridgehead atoms. The summed E-state index contributed by atoms with van der Waals surface area (Å²) in [4.78, 5) is 11.9. The van der Waals surface area contributed by atoms with Crippen molar-refractivity contribution >= 4 is 23.2 Å². The molecule has 0 aliphatic heterocycles. The molecular formula is C13H19ClN2O. The molecule has 0 radical (unpaired) electrons. The second-order valence-electron chi connectivity index (χ2n) is 4.36. The molecule has 3 nitrogen and oxygen atoms in total. The molecule has 0 aliphatic carbocycles. The smallest absolute Gasteiger partial charge is 0.241 e. The molecule has 1 rings (SSSR count). The SMILES string of the molecule is CCC(C)C(N)C(=O)Nc1ccc(Cl)cc1C. The fourth-order valence-corrected chi connectivity index (χ4v) is 1.72. The lowest BCUT2D eigenvalue weighted by molar-refractivity contribution is -0.118. The van der Waals surface area contributed by atoms with E-state index in [1.54, 1.807) is 12.1 Å². The highest BCUT2D eigenvalue weighted by atomic mass is 35.5. The Morgan fingerprint density at radius 1 is 1.53 bits per heavy atom. The molecule has 0 aromatic heterocycles. The van der Waals surface area contributed by atoms with E-state index in [9.17, 15) is 4.79 Å². The Kier molecular flexibility index (Phi) is 4.97. The van der Waals surface area contributed by atoms with E-state index in [2.05, 4.69) is 5.32 Å². The minimum absolute atomic E-state index is 0.148. The number of hydrogen-bond acceptors (Lipinski definition) is 2. The van der Waals surface area contributed by atoms with Crippen molar-refractivity contribution in [3.63, 3.8) is 0 Å². The Balaban J connectivity index is 2.74. The summed E-state index contributed by atoms with van der Waals surface area (Å²) in [6, 6.07) is 4.87. The lowest BCUT2D eigenvalue weighted by Gasteiger charge is -2.18. The lowest BCUT2D eigenvalue weighted by atomic mass is 9.99. The van der Waals surface area contributed by atoms with Crippen LogP contribution in [0.4, 0.5) is 5.69 Å². The molecule has 1 amide bonds. The van der Waals surface area contributed by atoms with Crippen molar-refractivity contribution in [3.05, 3.63) is 28.8 Å². The van der Waals surface area contributed by atoms with Crippen LogP contribution in [0.2, 0.25) is 5.02 Å². The molecule has 2 unspecified atom stereocenters. The topological polar surface area (TPSA) is 55.1 Å². The molecular weight excluding hydrogens is 236 g/mol. The Morgan fingerprint density at radius 3 is 2.71 bits per heavy atom. The van der Waals surface area contributed by atoms with Crippen LogP contribution >= 0.6 is 11.6 Å². The van der Waals surface area contributed by atoms with Gasteiger partial charge in [-0.15, -0.1) is 0 Å². The molecule has 4 heteroatoms. The van der Waals surface area contributed by atoms with E-state index in [1.807, 2.05) is 26.8 Å². The first kappa shape index (κ1) is 14.0. The van der Waals surface area contributed by atoms with Gasteiger partial charge < -0.3 is 11.1 Å². The molecule has 0 aliphatic rings. The van der Waals surface area contributed by atoms with Gasteiger partial charge in [-0.3, -0.25) is 4.79 Å². The number of carbonyl (C=O) groups excluding carboxylic acids is 1. The van der Waals surface area contributed by atoms with E-state index in [0.717, 1.165) is 17.7 Å². The van der Waals surface area contributed by atoms with Gasteiger partial charge in [0, 0.05) is 10.7 Å². The van der Waals surface area contributed by atoms with Crippen LogP contribution in [0.15, 0.2) is 18.2 Å². The zero-order valence-corrected chi connectivity index (χ0v) is 11.2. The lowest BCUT2D eigenvalue weighted by Crippen LogP contribution is -2.40. The van der Waals surface area contributed by atoms with Gasteiger partial charge >= 0.3 is 0 Å². The maximum absolute atomic E-state index is 11.9. The number of amides is 1. The summed E-state index contributed by atoms with van der Waals surface area (Å²) >= 11 is 5.85. The molecule has 94 valence electrons. The van der Waals surface area contributed by atoms with Crippen molar-refractivity contribution in [2.24, 2.45) is 11.7 Å². The highest BCUT2D eigenvalue weighted by Crippen LogP contribution is 2.20. The minimum Gasteiger partial charge on any atom is -0.324 e. The number of aryl methyl sites for hydroxylation is 1. The quantitative estimate of drug-likeness (QED) is 0.868. The number of nitrogens with two attached hydrogens (primary N) is 1. The van der Waals surface area contributed by atoms with Crippen LogP contribution in [0.5, 0.6) is 0 Å². The van der Waals surface area contributed by atoms with E-state index < -0.39 is 6.04 Å². The molecule has 0 saturated heterocycles. The number of nitrogens with one attached hydrogen (secondary N) is 1. The van der Waals surface area contributed by atoms with Crippen molar-refractivity contribution in [3.8, 4) is 0 Å². The van der Waals surface area contributed by atoms with Crippen molar-refractivity contribution in [2.75, 3.05) is 5.32 Å². The van der Waals surface area contributed by atoms with Gasteiger partial charge in [-0.2, -0.15) is 0 Å². The Hall–Kier alpha value is -1.06. The van der Waals surface area contributed by atoms with Gasteiger partial charge in [0.25, 0.3) is 0 Å². The van der Waals surface area contributed by atoms with Gasteiger partial charge in [0.1, 0.15) is 0 Å². The van der Waals surface area contributed by atoms with Crippen molar-refractivity contribution in [1.29, 1.82) is 0 Å². The summed E-state index contributed by atoms with van der Waals surface area (Å²) in [5.41, 5.74) is 7.56. The summed E-state index contributed by atoms with van der Waals surface area (Å²) in [6.45, 7) is 5.89. The predicted octanol–water partition coefficient (Wildman–Crippen LogP) is 2.96. The second-order valence-corrected chi connectivity index (χ2v) is 4.80. The van der Waals surface area contributed by atoms with Gasteiger partial charge in [0.15, 0.2) is 0 Å². The van der Waals surface area contributed by atoms with Crippen molar-refractivity contribution in [1.82, 2.24) is 0 Å². The van der Waals surface area contributed by atoms with Crippen LogP contribution in [0.25, 0.3) is 0 Å². The normalized spacial score (nSPS) is 14.2. The van der Waals surface area contributed by atoms with Gasteiger partial charge in [-0.05, 0) is 36.6 Å². The first-order valence-electron chi connectivity index (χ1n) is 5.78. The summed E-state index contributed by atoms with van der Waals surface area (Å²) < 4.78 is 0. The maximum Gasteiger partial charge on any atom is 0.241 e. The van der Waals surface area contributed by atoms with Gasteiger partial charge in [-0.25, -0.2) is 0 Å². The Morgan fingerprint density at radius 2 is 2.18 bits per heavy atom. The van der Waals surface area contributed by atoms with E-state index in [-0.39, 0.29) is 11.8 Å². The second kappa shape index (κ2) is 6.03. The molecule has 0 heterocycles. The van der Waals surface area contributed by atoms with E-state index in [0.29, 0.717) is 5.02 Å². The van der Waals surface area contributed by atoms with E-state index in [4.69, 9.17) is 17.3 Å². The fraction of sp³-hybridized carbons (Fsp3) is 0.462. The minimum atomic E-state index is -0.477. The summed E-state index contributed by atoms with van der Waals surface area (Å²) in [5.74, 6) is 0.0207. The van der Waals surface area contributed by atoms with Crippen molar-refractivity contribution < 1.29 is 4.79 Å².